The first kappa shape index (κ1) is 84.0. The van der Waals surface area contributed by atoms with E-state index in [-0.39, 0.29) is 101 Å². The van der Waals surface area contributed by atoms with Crippen LogP contribution < -0.4 is 52.1 Å². The summed E-state index contributed by atoms with van der Waals surface area (Å²) in [6.07, 6.45) is 4.93. The van der Waals surface area contributed by atoms with Gasteiger partial charge in [0, 0.05) is 47.4 Å². The fourth-order valence-electron chi connectivity index (χ4n) is 6.21. The van der Waals surface area contributed by atoms with E-state index < -0.39 is 17.9 Å². The first-order valence-electron chi connectivity index (χ1n) is 25.1. The van der Waals surface area contributed by atoms with Crippen LogP contribution in [0.2, 0.25) is 0 Å². The summed E-state index contributed by atoms with van der Waals surface area (Å²) in [5, 5.41) is 66.5. The van der Waals surface area contributed by atoms with Gasteiger partial charge in [0.15, 0.2) is 69.0 Å². The highest BCUT2D eigenvalue weighted by atomic mass is 127. The summed E-state index contributed by atoms with van der Waals surface area (Å²) in [6.45, 7) is 27.2. The molecule has 496 valence electrons. The SMILES string of the molecule is C=C(C)C(=O)Oc1c(I)c(OC)c(O)c(I)c1OC.C=C(C)C(=O)Oc1cc(O)c(I)c(OC)c1.C=C(C)C(=O)Oc1cc(O)c(O)c(I)c1OC.C=Cc1cc(I)c(OC(C)=O)c(OC)c1.C=Cc1cc(O)c(I)c(OC)c1.C=Cc1cc(O)c(O)c(I)c1OC. The van der Waals surface area contributed by atoms with Crippen LogP contribution in [0.4, 0.5) is 0 Å². The summed E-state index contributed by atoms with van der Waals surface area (Å²) in [7, 11) is 10.3. The van der Waals surface area contributed by atoms with E-state index in [1.165, 1.54) is 74.7 Å². The predicted molar refractivity (Wildman–Crippen MR) is 408 cm³/mol. The average Bonchev–Trinajstić information content (AvgIpc) is 0.878. The fraction of sp³-hybridized carbons (Fsp3) is 0.175. The van der Waals surface area contributed by atoms with Crippen molar-refractivity contribution in [1.82, 2.24) is 0 Å². The number of hydrogen-bond acceptors (Lipinski definition) is 22. The Balaban J connectivity index is 0.000000555. The van der Waals surface area contributed by atoms with E-state index in [0.29, 0.717) is 48.6 Å². The van der Waals surface area contributed by atoms with E-state index in [0.717, 1.165) is 24.3 Å². The highest BCUT2D eigenvalue weighted by Gasteiger charge is 2.27. The Kier molecular flexibility index (Phi) is 37.3. The molecule has 6 aromatic rings. The number of rotatable bonds is 17. The van der Waals surface area contributed by atoms with Crippen LogP contribution in [0.25, 0.3) is 18.2 Å². The van der Waals surface area contributed by atoms with Crippen LogP contribution in [-0.2, 0) is 19.2 Å². The van der Waals surface area contributed by atoms with Gasteiger partial charge in [0.25, 0.3) is 0 Å². The Morgan fingerprint density at radius 1 is 0.359 bits per heavy atom. The van der Waals surface area contributed by atoms with Gasteiger partial charge in [-0.05, 0) is 220 Å². The summed E-state index contributed by atoms with van der Waals surface area (Å²) < 4.78 is 59.5. The molecule has 0 saturated heterocycles. The standard InChI is InChI=1S/C12H12I2O5.C11H11IO5.C11H11IO4.C11H11IO3.C9H9IO3.C9H9IO2/c1-5(2)12(16)19-11-7(14)9(17-3)8(15)6(13)10(11)18-4;1-5(2)11(15)17-7-4-6(13)9(14)8(12)10(7)16-3;1-6(2)11(14)16-7-4-8(13)10(12)9(5-7)15-3;1-4-8-5-9(12)11(15-7(2)13)10(6-8)14-3;1-3-5-4-6(11)8(12)7(10)9(5)13-2;1-3-6-4-7(11)9(10)8(5-6)12-2/h15H,1H2,2-4H3;4,13-14H,1H2,2-3H3;4-5,13H,1H2,2-3H3;4-6H,1H2,2-3H3;3-4,11-12H,1H2,2H3;3-5,11H,1H2,2H3. The Morgan fingerprint density at radius 3 is 1.22 bits per heavy atom. The zero-order valence-electron chi connectivity index (χ0n) is 51.0. The first-order valence-corrected chi connectivity index (χ1v) is 32.7. The number of halogens is 7. The number of carbonyl (C=O) groups excluding carboxylic acids is 4. The molecule has 92 heavy (non-hydrogen) atoms. The molecule has 0 heterocycles. The van der Waals surface area contributed by atoms with Crippen molar-refractivity contribution in [3.63, 3.8) is 0 Å². The van der Waals surface area contributed by atoms with Gasteiger partial charge in [0.05, 0.1) is 60.5 Å². The normalized spacial score (nSPS) is 9.72. The van der Waals surface area contributed by atoms with Gasteiger partial charge in [-0.3, -0.25) is 4.79 Å². The molecule has 0 aliphatic carbocycles. The van der Waals surface area contributed by atoms with Gasteiger partial charge in [-0.2, -0.15) is 0 Å². The van der Waals surface area contributed by atoms with Crippen LogP contribution in [0.5, 0.6) is 103 Å². The van der Waals surface area contributed by atoms with Crippen LogP contribution >= 0.6 is 158 Å². The summed E-state index contributed by atoms with van der Waals surface area (Å²) in [5.74, 6) is 0.796. The van der Waals surface area contributed by atoms with Crippen LogP contribution in [0.3, 0.4) is 0 Å². The van der Waals surface area contributed by atoms with Crippen molar-refractivity contribution in [1.29, 1.82) is 0 Å². The molecule has 0 radical (unpaired) electrons. The van der Waals surface area contributed by atoms with Crippen LogP contribution in [0.15, 0.2) is 105 Å². The second-order valence-corrected chi connectivity index (χ2v) is 25.0. The smallest absolute Gasteiger partial charge is 0.338 e. The molecule has 22 nitrogen and oxygen atoms in total. The Bertz CT molecular complexity index is 3750. The molecule has 0 aliphatic rings. The van der Waals surface area contributed by atoms with Crippen molar-refractivity contribution in [3.05, 3.63) is 146 Å². The molecule has 0 bridgehead atoms. The van der Waals surface area contributed by atoms with E-state index in [1.807, 2.05) is 125 Å². The molecule has 0 amide bonds. The number of phenols is 7. The van der Waals surface area contributed by atoms with Crippen molar-refractivity contribution in [2.45, 2.75) is 27.7 Å². The minimum Gasteiger partial charge on any atom is -0.507 e. The molecule has 0 aromatic heterocycles. The maximum atomic E-state index is 11.6. The predicted octanol–water partition coefficient (Wildman–Crippen LogP) is 15.6. The van der Waals surface area contributed by atoms with E-state index in [9.17, 15) is 54.9 Å². The molecular weight excluding hydrogens is 2000 g/mol. The minimum atomic E-state index is -0.635. The summed E-state index contributed by atoms with van der Waals surface area (Å²) in [6, 6.07) is 12.5. The second kappa shape index (κ2) is 40.9. The molecule has 6 rings (SSSR count). The minimum absolute atomic E-state index is 0.00413. The molecule has 29 heteroatoms. The third kappa shape index (κ3) is 24.4. The molecule has 0 aliphatic heterocycles. The largest absolute Gasteiger partial charge is 0.507 e. The number of ether oxygens (including phenoxy) is 11. The van der Waals surface area contributed by atoms with Gasteiger partial charge in [-0.25, -0.2) is 14.4 Å². The number of phenolic OH excluding ortho intramolecular Hbond substituents is 7. The maximum absolute atomic E-state index is 11.6. The molecule has 0 fully saturated rings. The number of hydrogen-bond donors (Lipinski definition) is 7. The molecule has 6 aromatic carbocycles. The molecule has 0 atom stereocenters. The third-order valence-electron chi connectivity index (χ3n) is 10.7. The van der Waals surface area contributed by atoms with E-state index in [2.05, 4.69) is 62.1 Å². The second-order valence-electron chi connectivity index (χ2n) is 17.4. The average molecular weight is 2060 g/mol. The fourth-order valence-corrected chi connectivity index (χ4v) is 11.1. The van der Waals surface area contributed by atoms with Crippen molar-refractivity contribution in [2.24, 2.45) is 0 Å². The van der Waals surface area contributed by atoms with Crippen LogP contribution in [0, 0.1) is 25.0 Å². The van der Waals surface area contributed by atoms with Crippen molar-refractivity contribution in [3.8, 4) is 103 Å². The number of esters is 4. The molecule has 0 unspecified atom stereocenters. The van der Waals surface area contributed by atoms with Gasteiger partial charge < -0.3 is 87.9 Å². The molecule has 7 N–H and O–H groups in total. The zero-order valence-corrected chi connectivity index (χ0v) is 66.1. The quantitative estimate of drug-likeness (QED) is 0.0147. The topological polar surface area (TPSA) is 311 Å². The van der Waals surface area contributed by atoms with Crippen molar-refractivity contribution < 1.29 is 107 Å². The number of methoxy groups -OCH3 is 7. The highest BCUT2D eigenvalue weighted by Crippen LogP contribution is 2.49. The van der Waals surface area contributed by atoms with Gasteiger partial charge in [-0.15, -0.1) is 0 Å². The van der Waals surface area contributed by atoms with Crippen LogP contribution in [0.1, 0.15) is 44.4 Å². The monoisotopic (exact) mass is 2060 g/mol. The Morgan fingerprint density at radius 2 is 0.772 bits per heavy atom. The first-order chi connectivity index (χ1) is 43.1. The third-order valence-corrected chi connectivity index (χ3v) is 17.7. The summed E-state index contributed by atoms with van der Waals surface area (Å²) in [4.78, 5) is 45.2. The molecule has 0 spiro atoms. The van der Waals surface area contributed by atoms with Gasteiger partial charge in [-0.1, -0.05) is 57.7 Å². The lowest BCUT2D eigenvalue weighted by molar-refractivity contribution is -0.132. The van der Waals surface area contributed by atoms with Gasteiger partial charge >= 0.3 is 23.9 Å². The summed E-state index contributed by atoms with van der Waals surface area (Å²) >= 11 is 13.5. The number of carbonyl (C=O) groups is 4. The Labute approximate surface area is 627 Å². The van der Waals surface area contributed by atoms with Crippen molar-refractivity contribution in [2.75, 3.05) is 49.8 Å². The Hall–Kier alpha value is -6.05. The van der Waals surface area contributed by atoms with Gasteiger partial charge in [0.2, 0.25) is 0 Å². The summed E-state index contributed by atoms with van der Waals surface area (Å²) in [5.41, 5.74) is 3.20. The van der Waals surface area contributed by atoms with E-state index >= 15 is 0 Å². The van der Waals surface area contributed by atoms with Gasteiger partial charge in [0.1, 0.15) is 48.8 Å². The van der Waals surface area contributed by atoms with E-state index in [1.54, 1.807) is 73.9 Å². The number of aromatic hydroxyl groups is 7. The lowest BCUT2D eigenvalue weighted by Crippen LogP contribution is -2.11. The van der Waals surface area contributed by atoms with Crippen molar-refractivity contribution >= 4 is 200 Å². The number of benzene rings is 6. The maximum Gasteiger partial charge on any atom is 0.338 e. The van der Waals surface area contributed by atoms with E-state index in [4.69, 9.17) is 52.1 Å². The molecule has 0 saturated carbocycles. The lowest BCUT2D eigenvalue weighted by Gasteiger charge is -2.17. The lowest BCUT2D eigenvalue weighted by atomic mass is 10.2. The van der Waals surface area contributed by atoms with Crippen LogP contribution in [-0.4, -0.2) is 109 Å². The zero-order chi connectivity index (χ0) is 70.8. The highest BCUT2D eigenvalue weighted by molar-refractivity contribution is 14.1. The molecular formula is C63H63I7O22.